The van der Waals surface area contributed by atoms with E-state index in [4.69, 9.17) is 11.6 Å². The third kappa shape index (κ3) is 1.19. The van der Waals surface area contributed by atoms with Crippen molar-refractivity contribution in [1.82, 2.24) is 0 Å². The lowest BCUT2D eigenvalue weighted by Crippen LogP contribution is -2.10. The lowest BCUT2D eigenvalue weighted by atomic mass is 9.96. The Morgan fingerprint density at radius 3 is 2.77 bits per heavy atom. The monoisotopic (exact) mass is 194 g/mol. The fourth-order valence-electron chi connectivity index (χ4n) is 1.96. The van der Waals surface area contributed by atoms with Gasteiger partial charge in [0.15, 0.2) is 5.78 Å². The number of ketones is 1. The summed E-state index contributed by atoms with van der Waals surface area (Å²) in [5.41, 5.74) is 1.98. The molecule has 1 aliphatic rings. The highest BCUT2D eigenvalue weighted by Crippen LogP contribution is 2.37. The number of halogens is 1. The number of carbonyl (C=O) groups is 1. The number of hydrogen-bond acceptors (Lipinski definition) is 1. The zero-order valence-electron chi connectivity index (χ0n) is 7.46. The molecule has 0 saturated heterocycles. The second-order valence-corrected chi connectivity index (χ2v) is 3.81. The summed E-state index contributed by atoms with van der Waals surface area (Å²) in [6.45, 7) is 1.95. The molecule has 0 amide bonds. The molecule has 2 rings (SSSR count). The minimum absolute atomic E-state index is 0.0508. The van der Waals surface area contributed by atoms with Crippen molar-refractivity contribution >= 4 is 17.4 Å². The Kier molecular flexibility index (Phi) is 2.12. The number of carbonyl (C=O) groups excluding carboxylic acids is 1. The fraction of sp³-hybridized carbons (Fsp3) is 0.364. The van der Waals surface area contributed by atoms with E-state index < -0.39 is 0 Å². The van der Waals surface area contributed by atoms with Gasteiger partial charge in [-0.2, -0.15) is 0 Å². The zero-order chi connectivity index (χ0) is 9.42. The minimum Gasteiger partial charge on any atom is -0.294 e. The lowest BCUT2D eigenvalue weighted by Gasteiger charge is -2.10. The first kappa shape index (κ1) is 8.76. The topological polar surface area (TPSA) is 17.1 Å². The Hall–Kier alpha value is -0.820. The van der Waals surface area contributed by atoms with Gasteiger partial charge in [0.25, 0.3) is 0 Å². The van der Waals surface area contributed by atoms with Crippen LogP contribution in [0.25, 0.3) is 0 Å². The second kappa shape index (κ2) is 3.15. The molecule has 1 aromatic carbocycles. The molecule has 2 atom stereocenters. The number of hydrogen-bond donors (Lipinski definition) is 0. The van der Waals surface area contributed by atoms with E-state index in [2.05, 4.69) is 0 Å². The largest absolute Gasteiger partial charge is 0.294 e. The molecule has 0 heterocycles. The fourth-order valence-corrected chi connectivity index (χ4v) is 2.39. The van der Waals surface area contributed by atoms with E-state index in [0.717, 1.165) is 11.1 Å². The maximum absolute atomic E-state index is 11.7. The molecule has 13 heavy (non-hydrogen) atoms. The molecule has 1 nitrogen and oxygen atoms in total. The van der Waals surface area contributed by atoms with Gasteiger partial charge in [-0.05, 0) is 5.56 Å². The highest BCUT2D eigenvalue weighted by atomic mass is 35.5. The van der Waals surface area contributed by atoms with Crippen LogP contribution in [0, 0.1) is 5.92 Å². The van der Waals surface area contributed by atoms with Crippen molar-refractivity contribution in [2.45, 2.75) is 12.8 Å². The Morgan fingerprint density at radius 2 is 2.08 bits per heavy atom. The van der Waals surface area contributed by atoms with Crippen LogP contribution in [0.4, 0.5) is 0 Å². The number of Topliss-reactive ketones (excluding diaryl/α,β-unsaturated/α-hetero) is 1. The summed E-state index contributed by atoms with van der Waals surface area (Å²) in [6.07, 6.45) is 0. The first-order chi connectivity index (χ1) is 6.25. The van der Waals surface area contributed by atoms with Crippen molar-refractivity contribution in [3.8, 4) is 0 Å². The molecule has 2 heteroatoms. The lowest BCUT2D eigenvalue weighted by molar-refractivity contribution is 0.0937. The Labute approximate surface area is 82.7 Å². The highest BCUT2D eigenvalue weighted by molar-refractivity contribution is 6.19. The summed E-state index contributed by atoms with van der Waals surface area (Å²) < 4.78 is 0. The van der Waals surface area contributed by atoms with E-state index in [1.807, 2.05) is 31.2 Å². The van der Waals surface area contributed by atoms with Gasteiger partial charge in [-0.15, -0.1) is 11.6 Å². The average molecular weight is 195 g/mol. The van der Waals surface area contributed by atoms with Gasteiger partial charge in [0.1, 0.15) is 0 Å². The van der Waals surface area contributed by atoms with Crippen LogP contribution in [0.1, 0.15) is 28.8 Å². The zero-order valence-corrected chi connectivity index (χ0v) is 8.21. The smallest absolute Gasteiger partial charge is 0.166 e. The molecule has 0 aliphatic heterocycles. The number of alkyl halides is 1. The molecule has 0 spiro atoms. The summed E-state index contributed by atoms with van der Waals surface area (Å²) in [4.78, 5) is 11.7. The second-order valence-electron chi connectivity index (χ2n) is 3.50. The SMILES string of the molecule is C[C@H]1C(=O)c2ccccc2[C@@H]1CCl. The molecule has 1 aromatic rings. The van der Waals surface area contributed by atoms with Crippen LogP contribution in [0.3, 0.4) is 0 Å². The first-order valence-corrected chi connectivity index (χ1v) is 4.98. The molecule has 1 aliphatic carbocycles. The molecule has 0 fully saturated rings. The van der Waals surface area contributed by atoms with Crippen molar-refractivity contribution in [2.24, 2.45) is 5.92 Å². The van der Waals surface area contributed by atoms with Crippen molar-refractivity contribution in [2.75, 3.05) is 5.88 Å². The molecule has 0 N–H and O–H groups in total. The predicted octanol–water partition coefficient (Wildman–Crippen LogP) is 2.84. The molecule has 0 unspecified atom stereocenters. The van der Waals surface area contributed by atoms with E-state index in [9.17, 15) is 4.79 Å². The third-order valence-electron chi connectivity index (χ3n) is 2.81. The van der Waals surface area contributed by atoms with E-state index >= 15 is 0 Å². The molecule has 0 aromatic heterocycles. The van der Waals surface area contributed by atoms with Gasteiger partial charge < -0.3 is 0 Å². The quantitative estimate of drug-likeness (QED) is 0.629. The van der Waals surface area contributed by atoms with Crippen molar-refractivity contribution < 1.29 is 4.79 Å². The van der Waals surface area contributed by atoms with Gasteiger partial charge in [-0.1, -0.05) is 31.2 Å². The van der Waals surface area contributed by atoms with Crippen LogP contribution < -0.4 is 0 Å². The summed E-state index contributed by atoms with van der Waals surface area (Å²) in [5, 5.41) is 0. The molecule has 68 valence electrons. The third-order valence-corrected chi connectivity index (χ3v) is 3.14. The average Bonchev–Trinajstić information content (AvgIpc) is 2.41. The van der Waals surface area contributed by atoms with Crippen LogP contribution in [-0.2, 0) is 0 Å². The van der Waals surface area contributed by atoms with Gasteiger partial charge in [0.05, 0.1) is 0 Å². The maximum atomic E-state index is 11.7. The van der Waals surface area contributed by atoms with E-state index in [-0.39, 0.29) is 17.6 Å². The van der Waals surface area contributed by atoms with Crippen molar-refractivity contribution in [3.05, 3.63) is 35.4 Å². The van der Waals surface area contributed by atoms with Gasteiger partial charge in [0.2, 0.25) is 0 Å². The van der Waals surface area contributed by atoms with Gasteiger partial charge in [-0.25, -0.2) is 0 Å². The molecular weight excluding hydrogens is 184 g/mol. The van der Waals surface area contributed by atoms with E-state index in [1.165, 1.54) is 0 Å². The summed E-state index contributed by atoms with van der Waals surface area (Å²) in [6, 6.07) is 7.76. The van der Waals surface area contributed by atoms with E-state index in [1.54, 1.807) is 0 Å². The molecule has 0 saturated carbocycles. The summed E-state index contributed by atoms with van der Waals surface area (Å²) in [7, 11) is 0. The Bertz CT molecular complexity index is 346. The van der Waals surface area contributed by atoms with Gasteiger partial charge >= 0.3 is 0 Å². The van der Waals surface area contributed by atoms with Crippen molar-refractivity contribution in [3.63, 3.8) is 0 Å². The van der Waals surface area contributed by atoms with Crippen LogP contribution in [0.15, 0.2) is 24.3 Å². The predicted molar refractivity (Wildman–Crippen MR) is 53.4 cm³/mol. The van der Waals surface area contributed by atoms with Gasteiger partial charge in [-0.3, -0.25) is 4.79 Å². The molecule has 0 radical (unpaired) electrons. The maximum Gasteiger partial charge on any atom is 0.166 e. The van der Waals surface area contributed by atoms with Crippen LogP contribution in [0.2, 0.25) is 0 Å². The number of benzene rings is 1. The summed E-state index contributed by atoms with van der Waals surface area (Å²) >= 11 is 5.84. The summed E-state index contributed by atoms with van der Waals surface area (Å²) in [5.74, 6) is 1.03. The molecular formula is C11H11ClO. The number of rotatable bonds is 1. The minimum atomic E-state index is 0.0508. The standard InChI is InChI=1S/C11H11ClO/c1-7-10(6-12)8-4-2-3-5-9(8)11(7)13/h2-5,7,10H,6H2,1H3/t7-,10-/m1/s1. The number of fused-ring (bicyclic) bond motifs is 1. The Balaban J connectivity index is 2.53. The normalized spacial score (nSPS) is 26.2. The first-order valence-electron chi connectivity index (χ1n) is 4.45. The Morgan fingerprint density at radius 1 is 1.38 bits per heavy atom. The van der Waals surface area contributed by atoms with Crippen LogP contribution in [-0.4, -0.2) is 11.7 Å². The molecule has 0 bridgehead atoms. The highest BCUT2D eigenvalue weighted by Gasteiger charge is 2.35. The van der Waals surface area contributed by atoms with Crippen LogP contribution in [0.5, 0.6) is 0 Å². The van der Waals surface area contributed by atoms with Gasteiger partial charge in [0, 0.05) is 23.3 Å². The van der Waals surface area contributed by atoms with E-state index in [0.29, 0.717) is 5.88 Å². The van der Waals surface area contributed by atoms with Crippen molar-refractivity contribution in [1.29, 1.82) is 0 Å². The van der Waals surface area contributed by atoms with Crippen LogP contribution >= 0.6 is 11.6 Å².